The van der Waals surface area contributed by atoms with Crippen molar-refractivity contribution in [1.29, 1.82) is 0 Å². The Morgan fingerprint density at radius 3 is 2.64 bits per heavy atom. The molecular formula is C17H12BrNO2S. The smallest absolute Gasteiger partial charge is 0.363 e. The predicted molar refractivity (Wildman–Crippen MR) is 93.0 cm³/mol. The Hall–Kier alpha value is -1.85. The molecular weight excluding hydrogens is 362 g/mol. The van der Waals surface area contributed by atoms with E-state index in [0.29, 0.717) is 11.6 Å². The molecule has 3 rings (SSSR count). The van der Waals surface area contributed by atoms with Gasteiger partial charge in [-0.15, -0.1) is 11.8 Å². The minimum absolute atomic E-state index is 0.312. The lowest BCUT2D eigenvalue weighted by atomic mass is 10.2. The number of halogens is 1. The van der Waals surface area contributed by atoms with Crippen LogP contribution in [0.5, 0.6) is 0 Å². The van der Waals surface area contributed by atoms with Crippen LogP contribution in [0.4, 0.5) is 0 Å². The van der Waals surface area contributed by atoms with E-state index >= 15 is 0 Å². The Kier molecular flexibility index (Phi) is 4.45. The van der Waals surface area contributed by atoms with Gasteiger partial charge in [0.2, 0.25) is 5.90 Å². The van der Waals surface area contributed by atoms with Crippen LogP contribution < -0.4 is 0 Å². The second-order valence-corrected chi connectivity index (χ2v) is 6.41. The van der Waals surface area contributed by atoms with Crippen molar-refractivity contribution in [2.45, 2.75) is 4.90 Å². The van der Waals surface area contributed by atoms with E-state index in [4.69, 9.17) is 4.74 Å². The SMILES string of the molecule is CSc1ccc(C=C2N=C(c3cccc(Br)c3)OC2=O)cc1. The molecule has 0 unspecified atom stereocenters. The number of ether oxygens (including phenoxy) is 1. The van der Waals surface area contributed by atoms with Crippen LogP contribution in [0.2, 0.25) is 0 Å². The van der Waals surface area contributed by atoms with Gasteiger partial charge in [-0.05, 0) is 48.2 Å². The normalized spacial score (nSPS) is 15.8. The summed E-state index contributed by atoms with van der Waals surface area (Å²) in [6, 6.07) is 15.4. The van der Waals surface area contributed by atoms with Gasteiger partial charge < -0.3 is 4.74 Å². The third-order valence-electron chi connectivity index (χ3n) is 3.11. The van der Waals surface area contributed by atoms with E-state index in [9.17, 15) is 4.79 Å². The molecule has 2 aromatic carbocycles. The van der Waals surface area contributed by atoms with Crippen LogP contribution in [0.1, 0.15) is 11.1 Å². The fourth-order valence-electron chi connectivity index (χ4n) is 2.01. The van der Waals surface area contributed by atoms with E-state index in [2.05, 4.69) is 20.9 Å². The second-order valence-electron chi connectivity index (χ2n) is 4.62. The number of thioether (sulfide) groups is 1. The molecule has 110 valence electrons. The van der Waals surface area contributed by atoms with Gasteiger partial charge in [0.1, 0.15) is 0 Å². The quantitative estimate of drug-likeness (QED) is 0.451. The fraction of sp³-hybridized carbons (Fsp3) is 0.0588. The topological polar surface area (TPSA) is 38.7 Å². The molecule has 0 radical (unpaired) electrons. The zero-order valence-electron chi connectivity index (χ0n) is 11.7. The molecule has 1 aliphatic rings. The number of hydrogen-bond acceptors (Lipinski definition) is 4. The summed E-state index contributed by atoms with van der Waals surface area (Å²) in [5.74, 6) is -0.0952. The zero-order valence-corrected chi connectivity index (χ0v) is 14.1. The van der Waals surface area contributed by atoms with E-state index in [1.165, 1.54) is 4.90 Å². The van der Waals surface area contributed by atoms with Gasteiger partial charge in [0.05, 0.1) is 0 Å². The maximum Gasteiger partial charge on any atom is 0.363 e. The standard InChI is InChI=1S/C17H12BrNO2S/c1-22-14-7-5-11(6-8-14)9-15-17(20)21-16(19-15)12-3-2-4-13(18)10-12/h2-10H,1H3. The van der Waals surface area contributed by atoms with Gasteiger partial charge in [0.15, 0.2) is 5.70 Å². The molecule has 0 aromatic heterocycles. The van der Waals surface area contributed by atoms with Crippen molar-refractivity contribution in [2.75, 3.05) is 6.26 Å². The molecule has 0 spiro atoms. The van der Waals surface area contributed by atoms with Gasteiger partial charge in [0, 0.05) is 14.9 Å². The van der Waals surface area contributed by atoms with E-state index in [1.54, 1.807) is 17.8 Å². The predicted octanol–water partition coefficient (Wildman–Crippen LogP) is 4.52. The minimum atomic E-state index is -0.427. The fourth-order valence-corrected chi connectivity index (χ4v) is 2.82. The van der Waals surface area contributed by atoms with Crippen LogP contribution in [-0.4, -0.2) is 18.1 Å². The van der Waals surface area contributed by atoms with Crippen LogP contribution in [0.15, 0.2) is 68.6 Å². The highest BCUT2D eigenvalue weighted by molar-refractivity contribution is 9.10. The number of esters is 1. The Balaban J connectivity index is 1.90. The van der Waals surface area contributed by atoms with Crippen molar-refractivity contribution in [2.24, 2.45) is 4.99 Å². The molecule has 0 saturated carbocycles. The molecule has 22 heavy (non-hydrogen) atoms. The minimum Gasteiger partial charge on any atom is -0.402 e. The molecule has 1 aliphatic heterocycles. The lowest BCUT2D eigenvalue weighted by Gasteiger charge is -1.99. The summed E-state index contributed by atoms with van der Waals surface area (Å²) in [5, 5.41) is 0. The van der Waals surface area contributed by atoms with Crippen molar-refractivity contribution in [1.82, 2.24) is 0 Å². The first-order valence-electron chi connectivity index (χ1n) is 6.58. The summed E-state index contributed by atoms with van der Waals surface area (Å²) in [6.07, 6.45) is 3.76. The molecule has 0 atom stereocenters. The lowest BCUT2D eigenvalue weighted by Crippen LogP contribution is -2.05. The summed E-state index contributed by atoms with van der Waals surface area (Å²) in [4.78, 5) is 17.4. The number of nitrogens with zero attached hydrogens (tertiary/aromatic N) is 1. The largest absolute Gasteiger partial charge is 0.402 e. The van der Waals surface area contributed by atoms with Gasteiger partial charge >= 0.3 is 5.97 Å². The summed E-state index contributed by atoms with van der Waals surface area (Å²) in [5.41, 5.74) is 2.00. The van der Waals surface area contributed by atoms with Crippen molar-refractivity contribution < 1.29 is 9.53 Å². The molecule has 0 fully saturated rings. The average Bonchev–Trinajstić information content (AvgIpc) is 2.89. The molecule has 0 aliphatic carbocycles. The average molecular weight is 374 g/mol. The Morgan fingerprint density at radius 1 is 1.18 bits per heavy atom. The maximum absolute atomic E-state index is 11.9. The molecule has 3 nitrogen and oxygen atoms in total. The number of cyclic esters (lactones) is 1. The molecule has 0 N–H and O–H groups in total. The third-order valence-corrected chi connectivity index (χ3v) is 4.35. The van der Waals surface area contributed by atoms with Gasteiger partial charge in [-0.25, -0.2) is 9.79 Å². The molecule has 2 aromatic rings. The Morgan fingerprint density at radius 2 is 1.95 bits per heavy atom. The summed E-state index contributed by atoms with van der Waals surface area (Å²) in [7, 11) is 0. The highest BCUT2D eigenvalue weighted by Gasteiger charge is 2.24. The molecule has 5 heteroatoms. The summed E-state index contributed by atoms with van der Waals surface area (Å²) in [6.45, 7) is 0. The number of rotatable bonds is 3. The van der Waals surface area contributed by atoms with Crippen LogP contribution >= 0.6 is 27.7 Å². The summed E-state index contributed by atoms with van der Waals surface area (Å²) >= 11 is 5.07. The highest BCUT2D eigenvalue weighted by atomic mass is 79.9. The number of aliphatic imine (C=N–C) groups is 1. The third kappa shape index (κ3) is 3.31. The molecule has 0 bridgehead atoms. The number of carbonyl (C=O) groups is 1. The van der Waals surface area contributed by atoms with E-state index in [0.717, 1.165) is 15.6 Å². The summed E-state index contributed by atoms with van der Waals surface area (Å²) < 4.78 is 6.16. The number of carbonyl (C=O) groups excluding carboxylic acids is 1. The molecule has 0 saturated heterocycles. The van der Waals surface area contributed by atoms with Gasteiger partial charge in [-0.1, -0.05) is 34.1 Å². The first kappa shape index (κ1) is 15.1. The number of hydrogen-bond donors (Lipinski definition) is 0. The van der Waals surface area contributed by atoms with Crippen LogP contribution in [0.3, 0.4) is 0 Å². The van der Waals surface area contributed by atoms with Gasteiger partial charge in [-0.2, -0.15) is 0 Å². The van der Waals surface area contributed by atoms with Crippen molar-refractivity contribution in [3.63, 3.8) is 0 Å². The van der Waals surface area contributed by atoms with E-state index < -0.39 is 5.97 Å². The van der Waals surface area contributed by atoms with Crippen LogP contribution in [0, 0.1) is 0 Å². The first-order valence-corrected chi connectivity index (χ1v) is 8.60. The molecule has 1 heterocycles. The van der Waals surface area contributed by atoms with E-state index in [1.807, 2.05) is 54.8 Å². The lowest BCUT2D eigenvalue weighted by molar-refractivity contribution is -0.129. The first-order chi connectivity index (χ1) is 10.7. The zero-order chi connectivity index (χ0) is 15.5. The van der Waals surface area contributed by atoms with Crippen LogP contribution in [-0.2, 0) is 9.53 Å². The van der Waals surface area contributed by atoms with Gasteiger partial charge in [-0.3, -0.25) is 0 Å². The molecule has 0 amide bonds. The van der Waals surface area contributed by atoms with Crippen molar-refractivity contribution in [3.8, 4) is 0 Å². The maximum atomic E-state index is 11.9. The van der Waals surface area contributed by atoms with Crippen molar-refractivity contribution in [3.05, 3.63) is 69.8 Å². The Bertz CT molecular complexity index is 782. The Labute approximate surface area is 141 Å². The second kappa shape index (κ2) is 6.50. The van der Waals surface area contributed by atoms with Crippen LogP contribution in [0.25, 0.3) is 6.08 Å². The highest BCUT2D eigenvalue weighted by Crippen LogP contribution is 2.22. The van der Waals surface area contributed by atoms with Crippen molar-refractivity contribution >= 4 is 45.6 Å². The van der Waals surface area contributed by atoms with E-state index in [-0.39, 0.29) is 0 Å². The number of benzene rings is 2. The monoisotopic (exact) mass is 373 g/mol. The van der Waals surface area contributed by atoms with Gasteiger partial charge in [0.25, 0.3) is 0 Å².